The fraction of sp³-hybridized carbons (Fsp3) is 0.318. The first-order valence-corrected chi connectivity index (χ1v) is 12.4. The van der Waals surface area contributed by atoms with Crippen LogP contribution in [-0.2, 0) is 16.3 Å². The number of hydrogen-bond acceptors (Lipinski definition) is 5. The van der Waals surface area contributed by atoms with E-state index in [1.807, 2.05) is 5.38 Å². The molecule has 0 fully saturated rings. The first-order valence-electron chi connectivity index (χ1n) is 9.70. The zero-order valence-electron chi connectivity index (χ0n) is 16.4. The van der Waals surface area contributed by atoms with Crippen LogP contribution in [0.15, 0.2) is 79.8 Å². The predicted octanol–water partition coefficient (Wildman–Crippen LogP) is 5.34. The summed E-state index contributed by atoms with van der Waals surface area (Å²) in [6, 6.07) is 6.96. The van der Waals surface area contributed by atoms with Crippen LogP contribution in [0.25, 0.3) is 0 Å². The second-order valence-corrected chi connectivity index (χ2v) is 10.5. The Morgan fingerprint density at radius 2 is 2.14 bits per heavy atom. The van der Waals surface area contributed by atoms with E-state index < -0.39 is 9.84 Å². The number of likely N-dealkylation sites (N-methyl/N-ethyl adjacent to an activating group) is 1. The minimum Gasteiger partial charge on any atom is -0.368 e. The lowest BCUT2D eigenvalue weighted by atomic mass is 9.96. The zero-order valence-corrected chi connectivity index (χ0v) is 18.8. The van der Waals surface area contributed by atoms with Gasteiger partial charge in [0.25, 0.3) is 0 Å². The van der Waals surface area contributed by atoms with Crippen molar-refractivity contribution in [3.63, 3.8) is 0 Å². The Hall–Kier alpha value is -1.89. The summed E-state index contributed by atoms with van der Waals surface area (Å²) in [5.74, 6) is 0. The highest BCUT2D eigenvalue weighted by molar-refractivity contribution is 7.91. The largest absolute Gasteiger partial charge is 0.368 e. The highest BCUT2D eigenvalue weighted by atomic mass is 35.5. The summed E-state index contributed by atoms with van der Waals surface area (Å²) in [5.41, 5.74) is 3.62. The highest BCUT2D eigenvalue weighted by Crippen LogP contribution is 2.41. The van der Waals surface area contributed by atoms with E-state index in [2.05, 4.69) is 35.9 Å². The first kappa shape index (κ1) is 20.4. The van der Waals surface area contributed by atoms with E-state index >= 15 is 0 Å². The van der Waals surface area contributed by atoms with Gasteiger partial charge in [-0.3, -0.25) is 0 Å². The van der Waals surface area contributed by atoms with Gasteiger partial charge in [0.05, 0.1) is 10.9 Å². The third-order valence-corrected chi connectivity index (χ3v) is 8.68. The molecule has 1 unspecified atom stereocenters. The maximum Gasteiger partial charge on any atom is 0.224 e. The van der Waals surface area contributed by atoms with Crippen LogP contribution in [0.2, 0.25) is 0 Å². The van der Waals surface area contributed by atoms with Crippen molar-refractivity contribution in [3.05, 3.63) is 74.7 Å². The summed E-state index contributed by atoms with van der Waals surface area (Å²) in [4.78, 5) is 7.67. The molecule has 0 aromatic carbocycles. The lowest BCUT2D eigenvalue weighted by molar-refractivity contribution is 0.307. The van der Waals surface area contributed by atoms with Gasteiger partial charge >= 0.3 is 0 Å². The van der Waals surface area contributed by atoms with Crippen molar-refractivity contribution in [2.45, 2.75) is 49.1 Å². The molecule has 2 aliphatic rings. The Bertz CT molecular complexity index is 1110. The number of nitrogens with zero attached hydrogens (tertiary/aromatic N) is 2. The van der Waals surface area contributed by atoms with Gasteiger partial charge in [0.1, 0.15) is 0 Å². The van der Waals surface area contributed by atoms with Gasteiger partial charge in [-0.2, -0.15) is 0 Å². The SMILES string of the molecule is CCN1C(C)=C(Cc2sccc2S(=O)(=O)c2ccccn2)C2=CC(Cl)=CCCC21. The standard InChI is InChI=1S/C22H23ClN2O2S2/c1-3-25-15(2)17(18-13-16(23)7-6-8-19(18)25)14-20-21(10-12-28-20)29(26,27)22-9-4-5-11-24-22/h4-5,7,9-13,19H,3,6,8,14H2,1-2H3. The summed E-state index contributed by atoms with van der Waals surface area (Å²) >= 11 is 7.88. The molecule has 4 rings (SSSR count). The molecule has 7 heteroatoms. The van der Waals surface area contributed by atoms with Crippen LogP contribution in [0.5, 0.6) is 0 Å². The number of pyridine rings is 1. The van der Waals surface area contributed by atoms with Gasteiger partial charge in [-0.25, -0.2) is 13.4 Å². The number of allylic oxidation sites excluding steroid dienone is 4. The van der Waals surface area contributed by atoms with Crippen molar-refractivity contribution in [2.75, 3.05) is 6.54 Å². The number of halogens is 1. The number of aromatic nitrogens is 1. The van der Waals surface area contributed by atoms with E-state index in [0.29, 0.717) is 17.4 Å². The summed E-state index contributed by atoms with van der Waals surface area (Å²) in [6.07, 6.45) is 8.17. The van der Waals surface area contributed by atoms with Crippen molar-refractivity contribution < 1.29 is 8.42 Å². The van der Waals surface area contributed by atoms with Gasteiger partial charge in [0.2, 0.25) is 9.84 Å². The van der Waals surface area contributed by atoms with Crippen molar-refractivity contribution >= 4 is 32.8 Å². The Morgan fingerprint density at radius 1 is 1.31 bits per heavy atom. The molecule has 3 heterocycles. The molecule has 0 saturated heterocycles. The highest BCUT2D eigenvalue weighted by Gasteiger charge is 2.35. The minimum absolute atomic E-state index is 0.0875. The second kappa shape index (κ2) is 8.09. The van der Waals surface area contributed by atoms with Crippen LogP contribution < -0.4 is 0 Å². The molecular weight excluding hydrogens is 424 g/mol. The lowest BCUT2D eigenvalue weighted by Gasteiger charge is -2.27. The van der Waals surface area contributed by atoms with Crippen LogP contribution in [0.3, 0.4) is 0 Å². The molecule has 1 aliphatic carbocycles. The van der Waals surface area contributed by atoms with E-state index in [1.54, 1.807) is 24.3 Å². The van der Waals surface area contributed by atoms with Gasteiger partial charge in [0, 0.05) is 34.8 Å². The molecule has 2 aromatic rings. The second-order valence-electron chi connectivity index (χ2n) is 7.19. The molecule has 0 N–H and O–H groups in total. The van der Waals surface area contributed by atoms with Crippen molar-refractivity contribution in [2.24, 2.45) is 0 Å². The summed E-state index contributed by atoms with van der Waals surface area (Å²) in [7, 11) is -3.65. The van der Waals surface area contributed by atoms with Crippen LogP contribution in [0, 0.1) is 0 Å². The van der Waals surface area contributed by atoms with Gasteiger partial charge in [0.15, 0.2) is 5.03 Å². The molecule has 0 spiro atoms. The molecule has 29 heavy (non-hydrogen) atoms. The Balaban J connectivity index is 1.75. The van der Waals surface area contributed by atoms with Crippen LogP contribution >= 0.6 is 22.9 Å². The fourth-order valence-corrected chi connectivity index (χ4v) is 7.10. The van der Waals surface area contributed by atoms with Crippen molar-refractivity contribution in [1.29, 1.82) is 0 Å². The van der Waals surface area contributed by atoms with Gasteiger partial charge < -0.3 is 4.90 Å². The van der Waals surface area contributed by atoms with E-state index in [1.165, 1.54) is 34.4 Å². The van der Waals surface area contributed by atoms with E-state index in [-0.39, 0.29) is 5.03 Å². The zero-order chi connectivity index (χ0) is 20.6. The Morgan fingerprint density at radius 3 is 2.86 bits per heavy atom. The molecule has 152 valence electrons. The average Bonchev–Trinajstić information content (AvgIpc) is 3.21. The quantitative estimate of drug-likeness (QED) is 0.622. The number of thiophene rings is 1. The molecular formula is C22H23ClN2O2S2. The molecule has 0 saturated carbocycles. The van der Waals surface area contributed by atoms with E-state index in [4.69, 9.17) is 11.6 Å². The monoisotopic (exact) mass is 446 g/mol. The van der Waals surface area contributed by atoms with E-state index in [0.717, 1.165) is 29.3 Å². The lowest BCUT2D eigenvalue weighted by Crippen LogP contribution is -2.29. The maximum atomic E-state index is 13.2. The van der Waals surface area contributed by atoms with Crippen LogP contribution in [0.1, 0.15) is 31.6 Å². The number of rotatable bonds is 5. The molecule has 0 radical (unpaired) electrons. The molecule has 4 nitrogen and oxygen atoms in total. The van der Waals surface area contributed by atoms with Crippen LogP contribution in [-0.4, -0.2) is 30.9 Å². The normalized spacial score (nSPS) is 19.7. The topological polar surface area (TPSA) is 50.3 Å². The van der Waals surface area contributed by atoms with Gasteiger partial charge in [-0.1, -0.05) is 23.7 Å². The molecule has 0 bridgehead atoms. The van der Waals surface area contributed by atoms with Gasteiger partial charge in [-0.05, 0) is 67.5 Å². The molecule has 1 atom stereocenters. The number of hydrogen-bond donors (Lipinski definition) is 0. The smallest absolute Gasteiger partial charge is 0.224 e. The maximum absolute atomic E-state index is 13.2. The Labute approximate surface area is 181 Å². The average molecular weight is 447 g/mol. The third-order valence-electron chi connectivity index (χ3n) is 5.61. The van der Waals surface area contributed by atoms with Crippen LogP contribution in [0.4, 0.5) is 0 Å². The molecule has 0 amide bonds. The molecule has 2 aromatic heterocycles. The van der Waals surface area contributed by atoms with Crippen molar-refractivity contribution in [3.8, 4) is 0 Å². The Kier molecular flexibility index (Phi) is 5.69. The summed E-state index contributed by atoms with van der Waals surface area (Å²) in [5, 5.41) is 2.70. The van der Waals surface area contributed by atoms with Crippen molar-refractivity contribution in [1.82, 2.24) is 9.88 Å². The minimum atomic E-state index is -3.65. The number of fused-ring (bicyclic) bond motifs is 1. The molecule has 1 aliphatic heterocycles. The third kappa shape index (κ3) is 3.69. The predicted molar refractivity (Wildman–Crippen MR) is 118 cm³/mol. The summed E-state index contributed by atoms with van der Waals surface area (Å²) in [6.45, 7) is 5.21. The van der Waals surface area contributed by atoms with E-state index in [9.17, 15) is 8.42 Å². The number of sulfone groups is 1. The van der Waals surface area contributed by atoms with Gasteiger partial charge in [-0.15, -0.1) is 11.3 Å². The fourth-order valence-electron chi connectivity index (χ4n) is 4.23. The summed E-state index contributed by atoms with van der Waals surface area (Å²) < 4.78 is 26.3. The first-order chi connectivity index (χ1) is 13.9.